The number of para-hydroxylation sites is 1. The van der Waals surface area contributed by atoms with Gasteiger partial charge in [-0.15, -0.1) is 0 Å². The van der Waals surface area contributed by atoms with Crippen LogP contribution in [0.15, 0.2) is 71.8 Å². The van der Waals surface area contributed by atoms with Gasteiger partial charge in [0.15, 0.2) is 0 Å². The maximum absolute atomic E-state index is 12.4. The van der Waals surface area contributed by atoms with E-state index in [2.05, 4.69) is 10.5 Å². The normalized spacial score (nSPS) is 10.5. The lowest BCUT2D eigenvalue weighted by Crippen LogP contribution is -2.09. The predicted molar refractivity (Wildman–Crippen MR) is 115 cm³/mol. The number of anilines is 1. The Hall–Kier alpha value is -4.80. The van der Waals surface area contributed by atoms with Crippen molar-refractivity contribution < 1.29 is 24.1 Å². The van der Waals surface area contributed by atoms with Crippen LogP contribution in [0.5, 0.6) is 11.5 Å². The van der Waals surface area contributed by atoms with E-state index in [0.717, 1.165) is 12.1 Å². The molecule has 0 spiro atoms. The fourth-order valence-corrected chi connectivity index (χ4v) is 2.62. The number of hydrogen-bond acceptors (Lipinski definition) is 9. The third-order valence-corrected chi connectivity index (χ3v) is 4.22. The standard InChI is InChI=1S/C21H16N4O7/c1-31-17-9-6-14(7-10-17)21(26)32-20-5-3-2-4-15(20)13-22-23-18-11-8-16(24(27)28)12-19(18)25(29)30/h2-13,23H,1H3/b22-13-. The number of benzene rings is 3. The Kier molecular flexibility index (Phi) is 6.71. The van der Waals surface area contributed by atoms with E-state index in [-0.39, 0.29) is 11.4 Å². The van der Waals surface area contributed by atoms with Crippen LogP contribution in [-0.2, 0) is 0 Å². The molecule has 0 saturated heterocycles. The van der Waals surface area contributed by atoms with E-state index >= 15 is 0 Å². The third-order valence-electron chi connectivity index (χ3n) is 4.22. The van der Waals surface area contributed by atoms with Crippen LogP contribution in [0.3, 0.4) is 0 Å². The second-order valence-corrected chi connectivity index (χ2v) is 6.24. The zero-order valence-electron chi connectivity index (χ0n) is 16.6. The van der Waals surface area contributed by atoms with Gasteiger partial charge in [-0.3, -0.25) is 25.7 Å². The van der Waals surface area contributed by atoms with Crippen LogP contribution >= 0.6 is 0 Å². The van der Waals surface area contributed by atoms with Crippen LogP contribution in [-0.4, -0.2) is 29.1 Å². The van der Waals surface area contributed by atoms with Crippen molar-refractivity contribution in [3.63, 3.8) is 0 Å². The van der Waals surface area contributed by atoms with Crippen molar-refractivity contribution in [1.82, 2.24) is 0 Å². The van der Waals surface area contributed by atoms with E-state index in [9.17, 15) is 25.0 Å². The van der Waals surface area contributed by atoms with Crippen LogP contribution in [0.2, 0.25) is 0 Å². The molecule has 1 N–H and O–H groups in total. The van der Waals surface area contributed by atoms with Gasteiger partial charge in [0.2, 0.25) is 0 Å². The summed E-state index contributed by atoms with van der Waals surface area (Å²) in [4.78, 5) is 33.0. The summed E-state index contributed by atoms with van der Waals surface area (Å²) in [6.07, 6.45) is 1.31. The van der Waals surface area contributed by atoms with Crippen molar-refractivity contribution >= 4 is 29.2 Å². The highest BCUT2D eigenvalue weighted by Crippen LogP contribution is 2.29. The molecule has 162 valence electrons. The van der Waals surface area contributed by atoms with Gasteiger partial charge in [0.05, 0.1) is 34.8 Å². The number of rotatable bonds is 8. The Morgan fingerprint density at radius 1 is 1.00 bits per heavy atom. The van der Waals surface area contributed by atoms with Crippen LogP contribution < -0.4 is 14.9 Å². The van der Waals surface area contributed by atoms with E-state index in [1.165, 1.54) is 19.4 Å². The fraction of sp³-hybridized carbons (Fsp3) is 0.0476. The number of non-ortho nitro benzene ring substituents is 1. The Balaban J connectivity index is 1.77. The van der Waals surface area contributed by atoms with Crippen LogP contribution in [0, 0.1) is 20.2 Å². The van der Waals surface area contributed by atoms with Crippen LogP contribution in [0.25, 0.3) is 0 Å². The number of esters is 1. The van der Waals surface area contributed by atoms with Crippen molar-refractivity contribution in [1.29, 1.82) is 0 Å². The maximum Gasteiger partial charge on any atom is 0.343 e. The molecule has 32 heavy (non-hydrogen) atoms. The molecule has 0 unspecified atom stereocenters. The summed E-state index contributed by atoms with van der Waals surface area (Å²) < 4.78 is 10.5. The first-order valence-electron chi connectivity index (χ1n) is 9.06. The Morgan fingerprint density at radius 2 is 1.72 bits per heavy atom. The van der Waals surface area contributed by atoms with E-state index in [4.69, 9.17) is 9.47 Å². The highest BCUT2D eigenvalue weighted by Gasteiger charge is 2.19. The lowest BCUT2D eigenvalue weighted by atomic mass is 10.2. The fourth-order valence-electron chi connectivity index (χ4n) is 2.62. The van der Waals surface area contributed by atoms with Crippen molar-refractivity contribution in [2.24, 2.45) is 5.10 Å². The summed E-state index contributed by atoms with van der Waals surface area (Å²) >= 11 is 0. The first-order valence-corrected chi connectivity index (χ1v) is 9.06. The van der Waals surface area contributed by atoms with E-state index in [1.807, 2.05) is 0 Å². The molecule has 3 aromatic carbocycles. The predicted octanol–water partition coefficient (Wildman–Crippen LogP) is 4.18. The Morgan fingerprint density at radius 3 is 2.38 bits per heavy atom. The number of carbonyl (C=O) groups excluding carboxylic acids is 1. The highest BCUT2D eigenvalue weighted by atomic mass is 16.6. The van der Waals surface area contributed by atoms with Crippen molar-refractivity contribution in [2.75, 3.05) is 12.5 Å². The number of ether oxygens (including phenoxy) is 2. The molecule has 0 radical (unpaired) electrons. The van der Waals surface area contributed by atoms with Crippen molar-refractivity contribution in [3.8, 4) is 11.5 Å². The van der Waals surface area contributed by atoms with E-state index in [0.29, 0.717) is 16.9 Å². The largest absolute Gasteiger partial charge is 0.497 e. The molecule has 0 aliphatic rings. The third kappa shape index (κ3) is 5.21. The minimum atomic E-state index is -0.755. The summed E-state index contributed by atoms with van der Waals surface area (Å²) in [6, 6.07) is 16.1. The number of carbonyl (C=O) groups is 1. The monoisotopic (exact) mass is 436 g/mol. The van der Waals surface area contributed by atoms with Crippen LogP contribution in [0.1, 0.15) is 15.9 Å². The quantitative estimate of drug-likeness (QED) is 0.182. The van der Waals surface area contributed by atoms with E-state index < -0.39 is 27.2 Å². The first kappa shape index (κ1) is 21.9. The average Bonchev–Trinajstić information content (AvgIpc) is 2.80. The Labute approximate surface area is 181 Å². The molecule has 3 aromatic rings. The maximum atomic E-state index is 12.4. The summed E-state index contributed by atoms with van der Waals surface area (Å²) in [5.41, 5.74) is 2.27. The van der Waals surface area contributed by atoms with Gasteiger partial charge in [-0.05, 0) is 42.5 Å². The molecule has 0 amide bonds. The molecule has 0 atom stereocenters. The van der Waals surface area contributed by atoms with Gasteiger partial charge in [-0.2, -0.15) is 5.10 Å². The smallest absolute Gasteiger partial charge is 0.343 e. The number of methoxy groups -OCH3 is 1. The second-order valence-electron chi connectivity index (χ2n) is 6.24. The molecule has 0 heterocycles. The van der Waals surface area contributed by atoms with E-state index in [1.54, 1.807) is 48.5 Å². The number of hydrogen-bond donors (Lipinski definition) is 1. The van der Waals surface area contributed by atoms with Gasteiger partial charge in [0.1, 0.15) is 17.2 Å². The number of hydrazone groups is 1. The lowest BCUT2D eigenvalue weighted by Gasteiger charge is -2.08. The van der Waals surface area contributed by atoms with Gasteiger partial charge in [0, 0.05) is 11.6 Å². The molecule has 0 aliphatic heterocycles. The zero-order chi connectivity index (χ0) is 23.1. The zero-order valence-corrected chi connectivity index (χ0v) is 16.6. The molecule has 3 rings (SSSR count). The summed E-state index contributed by atoms with van der Waals surface area (Å²) in [6.45, 7) is 0. The molecule has 0 fully saturated rings. The number of nitro benzene ring substituents is 2. The van der Waals surface area contributed by atoms with Gasteiger partial charge in [-0.1, -0.05) is 12.1 Å². The summed E-state index contributed by atoms with van der Waals surface area (Å²) in [7, 11) is 1.52. The molecule has 11 heteroatoms. The summed E-state index contributed by atoms with van der Waals surface area (Å²) in [5.74, 6) is 0.227. The van der Waals surface area contributed by atoms with Gasteiger partial charge >= 0.3 is 11.7 Å². The average molecular weight is 436 g/mol. The van der Waals surface area contributed by atoms with Crippen molar-refractivity contribution in [2.45, 2.75) is 0 Å². The Bertz CT molecular complexity index is 1190. The van der Waals surface area contributed by atoms with Crippen molar-refractivity contribution in [3.05, 3.63) is 98.1 Å². The number of nitrogens with zero attached hydrogens (tertiary/aromatic N) is 3. The second kappa shape index (κ2) is 9.80. The minimum absolute atomic E-state index is 0.0374. The molecule has 11 nitrogen and oxygen atoms in total. The first-order chi connectivity index (χ1) is 15.4. The molecule has 0 aromatic heterocycles. The molecule has 0 saturated carbocycles. The van der Waals surface area contributed by atoms with Gasteiger partial charge < -0.3 is 9.47 Å². The highest BCUT2D eigenvalue weighted by molar-refractivity contribution is 5.93. The minimum Gasteiger partial charge on any atom is -0.497 e. The SMILES string of the molecule is COc1ccc(C(=O)Oc2ccccc2/C=N\Nc2ccc([N+](=O)[O-])cc2[N+](=O)[O-])cc1. The number of nitrogens with one attached hydrogen (secondary N) is 1. The number of nitro groups is 2. The van der Waals surface area contributed by atoms with Gasteiger partial charge in [0.25, 0.3) is 5.69 Å². The molecule has 0 aliphatic carbocycles. The topological polar surface area (TPSA) is 146 Å². The van der Waals surface area contributed by atoms with Crippen LogP contribution in [0.4, 0.5) is 17.1 Å². The molecular weight excluding hydrogens is 420 g/mol. The lowest BCUT2D eigenvalue weighted by molar-refractivity contribution is -0.393. The summed E-state index contributed by atoms with van der Waals surface area (Å²) in [5, 5.41) is 26.0. The molecular formula is C21H16N4O7. The van der Waals surface area contributed by atoms with Gasteiger partial charge in [-0.25, -0.2) is 4.79 Å². The molecule has 0 bridgehead atoms.